The van der Waals surface area contributed by atoms with Gasteiger partial charge in [-0.2, -0.15) is 0 Å². The van der Waals surface area contributed by atoms with Gasteiger partial charge in [-0.15, -0.1) is 0 Å². The molecule has 0 fully saturated rings. The summed E-state index contributed by atoms with van der Waals surface area (Å²) in [5, 5.41) is 0. The number of benzene rings is 4. The van der Waals surface area contributed by atoms with Crippen molar-refractivity contribution in [3.05, 3.63) is 156 Å². The normalized spacial score (nSPS) is 12.4. The molecule has 1 heterocycles. The number of hydrogen-bond acceptors (Lipinski definition) is 2. The first-order valence-corrected chi connectivity index (χ1v) is 12.2. The largest absolute Gasteiger partial charge is 0.319 e. The highest BCUT2D eigenvalue weighted by atomic mass is 32.2. The van der Waals surface area contributed by atoms with Crippen molar-refractivity contribution in [1.82, 2.24) is 9.55 Å². The van der Waals surface area contributed by atoms with E-state index < -0.39 is 16.3 Å². The quantitative estimate of drug-likeness (QED) is 0.285. The first-order valence-electron chi connectivity index (χ1n) is 10.9. The summed E-state index contributed by atoms with van der Waals surface area (Å²) in [6.07, 6.45) is 3.90. The lowest BCUT2D eigenvalue weighted by atomic mass is 9.77. The standard InChI is InChI=1S/C29H24N2OS/c32-33(28-19-11-4-12-20-28)22-27-21-31(23-30-27)29(24-13-5-1-6-14-24,25-15-7-2-8-16-25)26-17-9-3-10-18-26/h1-21,23H,22H2. The summed E-state index contributed by atoms with van der Waals surface area (Å²) < 4.78 is 15.1. The van der Waals surface area contributed by atoms with Crippen LogP contribution in [0.15, 0.2) is 139 Å². The summed E-state index contributed by atoms with van der Waals surface area (Å²) >= 11 is 0. The summed E-state index contributed by atoms with van der Waals surface area (Å²) in [6, 6.07) is 41.0. The van der Waals surface area contributed by atoms with Crippen LogP contribution in [0.3, 0.4) is 0 Å². The fraction of sp³-hybridized carbons (Fsp3) is 0.0690. The highest BCUT2D eigenvalue weighted by molar-refractivity contribution is 7.84. The minimum absolute atomic E-state index is 0.367. The van der Waals surface area contributed by atoms with Crippen molar-refractivity contribution >= 4 is 10.8 Å². The molecule has 0 saturated heterocycles. The molecule has 1 aromatic heterocycles. The Morgan fingerprint density at radius 1 is 0.636 bits per heavy atom. The number of nitrogens with zero attached hydrogens (tertiary/aromatic N) is 2. The van der Waals surface area contributed by atoms with Gasteiger partial charge in [0.15, 0.2) is 0 Å². The molecular weight excluding hydrogens is 424 g/mol. The van der Waals surface area contributed by atoms with Crippen LogP contribution in [0.2, 0.25) is 0 Å². The van der Waals surface area contributed by atoms with E-state index in [4.69, 9.17) is 4.98 Å². The number of aromatic nitrogens is 2. The molecule has 4 heteroatoms. The number of imidazole rings is 1. The van der Waals surface area contributed by atoms with E-state index >= 15 is 0 Å². The highest BCUT2D eigenvalue weighted by Gasteiger charge is 2.38. The zero-order valence-electron chi connectivity index (χ0n) is 18.1. The molecule has 33 heavy (non-hydrogen) atoms. The topological polar surface area (TPSA) is 34.9 Å². The molecule has 0 aliphatic rings. The number of rotatable bonds is 7. The SMILES string of the molecule is O=S(Cc1cn(C(c2ccccc2)(c2ccccc2)c2ccccc2)cn1)c1ccccc1. The number of hydrogen-bond donors (Lipinski definition) is 0. The Balaban J connectivity index is 1.67. The van der Waals surface area contributed by atoms with Gasteiger partial charge in [0.1, 0.15) is 5.54 Å². The average Bonchev–Trinajstić information content (AvgIpc) is 3.35. The van der Waals surface area contributed by atoms with Crippen molar-refractivity contribution in [3.8, 4) is 0 Å². The summed E-state index contributed by atoms with van der Waals surface area (Å²) in [5.41, 5.74) is 3.59. The first-order chi connectivity index (χ1) is 16.3. The Hall–Kier alpha value is -3.76. The van der Waals surface area contributed by atoms with E-state index in [0.717, 1.165) is 27.3 Å². The Kier molecular flexibility index (Phi) is 6.01. The van der Waals surface area contributed by atoms with Crippen molar-refractivity contribution < 1.29 is 4.21 Å². The van der Waals surface area contributed by atoms with Crippen LogP contribution < -0.4 is 0 Å². The molecule has 0 N–H and O–H groups in total. The summed E-state index contributed by atoms with van der Waals surface area (Å²) in [7, 11) is -1.16. The molecule has 0 bridgehead atoms. The third kappa shape index (κ3) is 4.06. The van der Waals surface area contributed by atoms with E-state index in [1.54, 1.807) is 0 Å². The fourth-order valence-electron chi connectivity index (χ4n) is 4.40. The van der Waals surface area contributed by atoms with Gasteiger partial charge in [0, 0.05) is 11.1 Å². The average molecular weight is 449 g/mol. The van der Waals surface area contributed by atoms with Crippen LogP contribution in [0.1, 0.15) is 22.4 Å². The molecule has 0 aliphatic carbocycles. The molecular formula is C29H24N2OS. The predicted molar refractivity (Wildman–Crippen MR) is 133 cm³/mol. The van der Waals surface area contributed by atoms with E-state index in [1.165, 1.54) is 0 Å². The highest BCUT2D eigenvalue weighted by Crippen LogP contribution is 2.40. The van der Waals surface area contributed by atoms with Crippen LogP contribution in [0.25, 0.3) is 0 Å². The second kappa shape index (κ2) is 9.39. The van der Waals surface area contributed by atoms with E-state index in [-0.39, 0.29) is 0 Å². The molecule has 0 saturated carbocycles. The Labute approximate surface area is 196 Å². The monoisotopic (exact) mass is 448 g/mol. The van der Waals surface area contributed by atoms with Crippen LogP contribution in [-0.2, 0) is 22.1 Å². The zero-order valence-corrected chi connectivity index (χ0v) is 18.9. The van der Waals surface area contributed by atoms with Gasteiger partial charge in [-0.1, -0.05) is 109 Å². The van der Waals surface area contributed by atoms with Gasteiger partial charge in [0.25, 0.3) is 0 Å². The molecule has 0 aliphatic heterocycles. The molecule has 5 rings (SSSR count). The molecule has 162 valence electrons. The van der Waals surface area contributed by atoms with Gasteiger partial charge in [-0.25, -0.2) is 4.98 Å². The minimum Gasteiger partial charge on any atom is -0.319 e. The minimum atomic E-state index is -1.16. The maximum absolute atomic E-state index is 12.9. The van der Waals surface area contributed by atoms with E-state index in [9.17, 15) is 4.21 Å². The Morgan fingerprint density at radius 2 is 1.06 bits per heavy atom. The molecule has 0 radical (unpaired) electrons. The van der Waals surface area contributed by atoms with E-state index in [2.05, 4.69) is 77.4 Å². The van der Waals surface area contributed by atoms with Crippen molar-refractivity contribution in [2.24, 2.45) is 0 Å². The summed E-state index contributed by atoms with van der Waals surface area (Å²) in [6.45, 7) is 0. The summed E-state index contributed by atoms with van der Waals surface area (Å²) in [5.74, 6) is 0.367. The molecule has 0 spiro atoms. The molecule has 3 nitrogen and oxygen atoms in total. The maximum Gasteiger partial charge on any atom is 0.121 e. The van der Waals surface area contributed by atoms with Gasteiger partial charge in [-0.3, -0.25) is 4.21 Å². The van der Waals surface area contributed by atoms with Crippen LogP contribution in [0.5, 0.6) is 0 Å². The lowest BCUT2D eigenvalue weighted by molar-refractivity contribution is 0.514. The lowest BCUT2D eigenvalue weighted by Crippen LogP contribution is -2.36. The van der Waals surface area contributed by atoms with Crippen molar-refractivity contribution in [3.63, 3.8) is 0 Å². The molecule has 1 unspecified atom stereocenters. The zero-order chi connectivity index (χ0) is 22.5. The third-order valence-corrected chi connectivity index (χ3v) is 7.24. The van der Waals surface area contributed by atoms with Crippen molar-refractivity contribution in [1.29, 1.82) is 0 Å². The van der Waals surface area contributed by atoms with Crippen LogP contribution >= 0.6 is 0 Å². The van der Waals surface area contributed by atoms with Crippen LogP contribution in [0.4, 0.5) is 0 Å². The molecule has 4 aromatic carbocycles. The van der Waals surface area contributed by atoms with E-state index in [0.29, 0.717) is 5.75 Å². The first kappa shape index (κ1) is 21.1. The second-order valence-electron chi connectivity index (χ2n) is 7.88. The van der Waals surface area contributed by atoms with E-state index in [1.807, 2.05) is 61.1 Å². The van der Waals surface area contributed by atoms with Gasteiger partial charge in [0.05, 0.1) is 28.6 Å². The lowest BCUT2D eigenvalue weighted by Gasteiger charge is -2.37. The van der Waals surface area contributed by atoms with Gasteiger partial charge < -0.3 is 4.57 Å². The van der Waals surface area contributed by atoms with Gasteiger partial charge in [-0.05, 0) is 28.8 Å². The summed E-state index contributed by atoms with van der Waals surface area (Å²) in [4.78, 5) is 5.51. The smallest absolute Gasteiger partial charge is 0.121 e. The predicted octanol–water partition coefficient (Wildman–Crippen LogP) is 6.03. The van der Waals surface area contributed by atoms with Gasteiger partial charge >= 0.3 is 0 Å². The third-order valence-electron chi connectivity index (χ3n) is 5.88. The fourth-order valence-corrected chi connectivity index (χ4v) is 5.44. The Morgan fingerprint density at radius 3 is 1.52 bits per heavy atom. The molecule has 5 aromatic rings. The molecule has 0 amide bonds. The van der Waals surface area contributed by atoms with Crippen LogP contribution in [-0.4, -0.2) is 13.8 Å². The Bertz CT molecular complexity index is 1240. The molecule has 1 atom stereocenters. The maximum atomic E-state index is 12.9. The van der Waals surface area contributed by atoms with Crippen LogP contribution in [0, 0.1) is 0 Å². The van der Waals surface area contributed by atoms with Gasteiger partial charge in [0.2, 0.25) is 0 Å². The van der Waals surface area contributed by atoms with Crippen molar-refractivity contribution in [2.45, 2.75) is 16.2 Å². The second-order valence-corrected chi connectivity index (χ2v) is 9.33. The van der Waals surface area contributed by atoms with Crippen molar-refractivity contribution in [2.75, 3.05) is 0 Å².